The van der Waals surface area contributed by atoms with Crippen molar-refractivity contribution in [2.75, 3.05) is 26.2 Å². The van der Waals surface area contributed by atoms with Crippen molar-refractivity contribution in [3.8, 4) is 0 Å². The summed E-state index contributed by atoms with van der Waals surface area (Å²) in [5.41, 5.74) is 0. The Bertz CT molecular complexity index is 649. The van der Waals surface area contributed by atoms with Gasteiger partial charge in [0.1, 0.15) is 6.04 Å². The summed E-state index contributed by atoms with van der Waals surface area (Å²) in [6.45, 7) is 1.53. The summed E-state index contributed by atoms with van der Waals surface area (Å²) in [5, 5.41) is 4.65. The molecule has 9 heteroatoms. The fraction of sp³-hybridized carbons (Fsp3) is 0.467. The van der Waals surface area contributed by atoms with Crippen molar-refractivity contribution in [3.05, 3.63) is 24.2 Å². The summed E-state index contributed by atoms with van der Waals surface area (Å²) in [7, 11) is 0. The molecule has 24 heavy (non-hydrogen) atoms. The van der Waals surface area contributed by atoms with E-state index in [1.807, 2.05) is 0 Å². The molecule has 128 valence electrons. The van der Waals surface area contributed by atoms with Gasteiger partial charge in [-0.05, 0) is 18.6 Å². The predicted molar refractivity (Wildman–Crippen MR) is 80.9 cm³/mol. The topological polar surface area (TPSA) is 112 Å². The molecule has 0 aromatic carbocycles. The average Bonchev–Trinajstić information content (AvgIpc) is 3.06. The molecule has 5 amide bonds. The highest BCUT2D eigenvalue weighted by Gasteiger charge is 2.32. The number of urea groups is 1. The maximum Gasteiger partial charge on any atom is 0.322 e. The van der Waals surface area contributed by atoms with Gasteiger partial charge in [0.2, 0.25) is 11.8 Å². The number of furan rings is 1. The molecule has 2 aliphatic rings. The van der Waals surface area contributed by atoms with Crippen LogP contribution in [0.25, 0.3) is 0 Å². The molecule has 2 fully saturated rings. The van der Waals surface area contributed by atoms with Crippen molar-refractivity contribution in [2.45, 2.75) is 18.9 Å². The molecule has 3 heterocycles. The first kappa shape index (κ1) is 16.0. The summed E-state index contributed by atoms with van der Waals surface area (Å²) in [5.74, 6) is -0.554. The lowest BCUT2D eigenvalue weighted by molar-refractivity contribution is -0.134. The Morgan fingerprint density at radius 3 is 2.50 bits per heavy atom. The van der Waals surface area contributed by atoms with Crippen LogP contribution in [0.3, 0.4) is 0 Å². The molecular formula is C15H18N4O5. The van der Waals surface area contributed by atoms with Crippen LogP contribution >= 0.6 is 0 Å². The van der Waals surface area contributed by atoms with Crippen LogP contribution in [-0.2, 0) is 9.59 Å². The standard InChI is InChI=1S/C15H18N4O5/c20-12-4-3-10(16-15(23)17-12)13(21)18-5-7-19(8-6-18)14(22)11-2-1-9-24-11/h1-2,9-10H,3-8H2,(H2,16,17,20,23). The van der Waals surface area contributed by atoms with E-state index >= 15 is 0 Å². The number of rotatable bonds is 2. The van der Waals surface area contributed by atoms with Gasteiger partial charge >= 0.3 is 6.03 Å². The molecule has 0 bridgehead atoms. The van der Waals surface area contributed by atoms with E-state index in [4.69, 9.17) is 4.42 Å². The minimum absolute atomic E-state index is 0.117. The number of piperazine rings is 1. The number of amides is 5. The minimum Gasteiger partial charge on any atom is -0.459 e. The number of imide groups is 1. The Hall–Kier alpha value is -2.84. The van der Waals surface area contributed by atoms with Crippen molar-refractivity contribution in [3.63, 3.8) is 0 Å². The number of carbonyl (C=O) groups excluding carboxylic acids is 4. The molecule has 2 saturated heterocycles. The Balaban J connectivity index is 1.56. The van der Waals surface area contributed by atoms with Gasteiger partial charge in [-0.15, -0.1) is 0 Å². The number of carbonyl (C=O) groups is 4. The van der Waals surface area contributed by atoms with Crippen LogP contribution in [0.5, 0.6) is 0 Å². The zero-order valence-electron chi connectivity index (χ0n) is 13.0. The van der Waals surface area contributed by atoms with E-state index < -0.39 is 18.0 Å². The first-order valence-corrected chi connectivity index (χ1v) is 7.76. The van der Waals surface area contributed by atoms with Crippen LogP contribution in [0.2, 0.25) is 0 Å². The van der Waals surface area contributed by atoms with Crippen LogP contribution in [-0.4, -0.2) is 65.8 Å². The van der Waals surface area contributed by atoms with Gasteiger partial charge in [-0.2, -0.15) is 0 Å². The lowest BCUT2D eigenvalue weighted by Crippen LogP contribution is -2.56. The Morgan fingerprint density at radius 1 is 1.12 bits per heavy atom. The van der Waals surface area contributed by atoms with Gasteiger partial charge in [0, 0.05) is 32.6 Å². The van der Waals surface area contributed by atoms with E-state index in [0.29, 0.717) is 26.2 Å². The largest absolute Gasteiger partial charge is 0.459 e. The lowest BCUT2D eigenvalue weighted by atomic mass is 10.1. The second kappa shape index (κ2) is 6.73. The summed E-state index contributed by atoms with van der Waals surface area (Å²) in [4.78, 5) is 50.7. The summed E-state index contributed by atoms with van der Waals surface area (Å²) in [6.07, 6.45) is 1.82. The Labute approximate surface area is 137 Å². The van der Waals surface area contributed by atoms with Gasteiger partial charge in [0.05, 0.1) is 6.26 Å². The normalized spacial score (nSPS) is 21.8. The number of hydrogen-bond donors (Lipinski definition) is 2. The average molecular weight is 334 g/mol. The number of hydrogen-bond acceptors (Lipinski definition) is 5. The van der Waals surface area contributed by atoms with Crippen LogP contribution in [0, 0.1) is 0 Å². The summed E-state index contributed by atoms with van der Waals surface area (Å²) >= 11 is 0. The van der Waals surface area contributed by atoms with Gasteiger partial charge in [0.25, 0.3) is 5.91 Å². The lowest BCUT2D eigenvalue weighted by Gasteiger charge is -2.35. The third-order valence-corrected chi connectivity index (χ3v) is 4.13. The molecular weight excluding hydrogens is 316 g/mol. The predicted octanol–water partition coefficient (Wildman–Crippen LogP) is -0.448. The molecule has 1 unspecified atom stereocenters. The van der Waals surface area contributed by atoms with Gasteiger partial charge in [-0.1, -0.05) is 0 Å². The van der Waals surface area contributed by atoms with E-state index in [2.05, 4.69) is 10.6 Å². The summed E-state index contributed by atoms with van der Waals surface area (Å²) in [6, 6.07) is 1.88. The molecule has 1 atom stereocenters. The first-order valence-electron chi connectivity index (χ1n) is 7.76. The van der Waals surface area contributed by atoms with Crippen molar-refractivity contribution in [1.82, 2.24) is 20.4 Å². The van der Waals surface area contributed by atoms with Crippen LogP contribution in [0.1, 0.15) is 23.4 Å². The molecule has 1 aromatic rings. The molecule has 0 saturated carbocycles. The highest BCUT2D eigenvalue weighted by atomic mass is 16.3. The molecule has 1 aromatic heterocycles. The van der Waals surface area contributed by atoms with Gasteiger partial charge in [0.15, 0.2) is 5.76 Å². The smallest absolute Gasteiger partial charge is 0.322 e. The van der Waals surface area contributed by atoms with Crippen molar-refractivity contribution in [2.24, 2.45) is 0 Å². The van der Waals surface area contributed by atoms with Gasteiger partial charge < -0.3 is 19.5 Å². The molecule has 0 radical (unpaired) electrons. The second-order valence-corrected chi connectivity index (χ2v) is 5.71. The molecule has 2 aliphatic heterocycles. The third-order valence-electron chi connectivity index (χ3n) is 4.13. The zero-order chi connectivity index (χ0) is 17.1. The second-order valence-electron chi connectivity index (χ2n) is 5.71. The van der Waals surface area contributed by atoms with Gasteiger partial charge in [-0.3, -0.25) is 19.7 Å². The highest BCUT2D eigenvalue weighted by molar-refractivity contribution is 5.98. The fourth-order valence-electron chi connectivity index (χ4n) is 2.82. The van der Waals surface area contributed by atoms with Crippen LogP contribution < -0.4 is 10.6 Å². The van der Waals surface area contributed by atoms with Crippen molar-refractivity contribution < 1.29 is 23.6 Å². The van der Waals surface area contributed by atoms with Crippen molar-refractivity contribution in [1.29, 1.82) is 0 Å². The monoisotopic (exact) mass is 334 g/mol. The van der Waals surface area contributed by atoms with Crippen LogP contribution in [0.15, 0.2) is 22.8 Å². The molecule has 0 aliphatic carbocycles. The highest BCUT2D eigenvalue weighted by Crippen LogP contribution is 2.12. The Kier molecular flexibility index (Phi) is 4.50. The third kappa shape index (κ3) is 3.39. The van der Waals surface area contributed by atoms with Crippen LogP contribution in [0.4, 0.5) is 4.79 Å². The molecule has 3 rings (SSSR count). The SMILES string of the molecule is O=C1CCC(C(=O)N2CCN(C(=O)c3ccco3)CC2)NC(=O)N1. The van der Waals surface area contributed by atoms with E-state index in [0.717, 1.165) is 0 Å². The fourth-order valence-corrected chi connectivity index (χ4v) is 2.82. The summed E-state index contributed by atoms with van der Waals surface area (Å²) < 4.78 is 5.10. The van der Waals surface area contributed by atoms with Gasteiger partial charge in [-0.25, -0.2) is 4.79 Å². The number of nitrogens with zero attached hydrogens (tertiary/aromatic N) is 2. The maximum atomic E-state index is 12.5. The van der Waals surface area contributed by atoms with E-state index in [1.54, 1.807) is 21.9 Å². The quantitative estimate of drug-likeness (QED) is 0.761. The number of nitrogens with one attached hydrogen (secondary N) is 2. The van der Waals surface area contributed by atoms with E-state index in [1.165, 1.54) is 6.26 Å². The first-order chi connectivity index (χ1) is 11.5. The molecule has 9 nitrogen and oxygen atoms in total. The maximum absolute atomic E-state index is 12.5. The molecule has 0 spiro atoms. The van der Waals surface area contributed by atoms with E-state index in [9.17, 15) is 19.2 Å². The minimum atomic E-state index is -0.719. The van der Waals surface area contributed by atoms with Crippen molar-refractivity contribution >= 4 is 23.8 Å². The molecule has 2 N–H and O–H groups in total. The Morgan fingerprint density at radius 2 is 1.83 bits per heavy atom. The van der Waals surface area contributed by atoms with E-state index in [-0.39, 0.29) is 30.4 Å². The zero-order valence-corrected chi connectivity index (χ0v) is 13.0.